The van der Waals surface area contributed by atoms with Gasteiger partial charge in [-0.05, 0) is 66.1 Å². The molecule has 1 aliphatic carbocycles. The Hall–Kier alpha value is -1.02. The van der Waals surface area contributed by atoms with Crippen LogP contribution in [-0.2, 0) is 0 Å². The summed E-state index contributed by atoms with van der Waals surface area (Å²) in [7, 11) is 0. The van der Waals surface area contributed by atoms with Crippen LogP contribution >= 0.6 is 22.6 Å². The van der Waals surface area contributed by atoms with E-state index in [0.29, 0.717) is 13.1 Å². The molecule has 0 N–H and O–H groups in total. The molecule has 3 fully saturated rings. The number of rotatable bonds is 3. The van der Waals surface area contributed by atoms with Gasteiger partial charge in [0, 0.05) is 35.8 Å². The van der Waals surface area contributed by atoms with Crippen molar-refractivity contribution in [2.45, 2.75) is 37.8 Å². The Morgan fingerprint density at radius 3 is 2.40 bits per heavy atom. The van der Waals surface area contributed by atoms with Gasteiger partial charge in [-0.3, -0.25) is 4.90 Å². The molecule has 1 saturated carbocycles. The molecule has 0 unspecified atom stereocenters. The minimum absolute atomic E-state index is 0.127. The number of carbonyl (C=O) groups is 1. The summed E-state index contributed by atoms with van der Waals surface area (Å²) >= 11 is 2.29. The summed E-state index contributed by atoms with van der Waals surface area (Å²) in [6.07, 6.45) is 5.29. The molecule has 0 aromatic heterocycles. The number of hydrogen-bond acceptors (Lipinski definition) is 3. The van der Waals surface area contributed by atoms with Crippen molar-refractivity contribution in [1.82, 2.24) is 14.7 Å². The number of halogens is 1. The molecule has 0 bridgehead atoms. The molecule has 0 atom stereocenters. The number of benzene rings is 1. The van der Waals surface area contributed by atoms with Crippen LogP contribution in [0.15, 0.2) is 24.3 Å². The Kier molecular flexibility index (Phi) is 5.36. The van der Waals surface area contributed by atoms with Gasteiger partial charge in [-0.1, -0.05) is 6.42 Å². The molecule has 0 spiro atoms. The van der Waals surface area contributed by atoms with E-state index in [4.69, 9.17) is 4.74 Å². The number of urea groups is 1. The van der Waals surface area contributed by atoms with E-state index in [1.807, 2.05) is 34.1 Å². The maximum absolute atomic E-state index is 12.7. The van der Waals surface area contributed by atoms with Crippen molar-refractivity contribution < 1.29 is 9.53 Å². The summed E-state index contributed by atoms with van der Waals surface area (Å²) in [5.74, 6) is 0.892. The van der Waals surface area contributed by atoms with Crippen LogP contribution in [0.4, 0.5) is 4.79 Å². The normalized spacial score (nSPS) is 22.9. The molecule has 1 aromatic carbocycles. The van der Waals surface area contributed by atoms with Crippen LogP contribution in [0.1, 0.15) is 25.7 Å². The van der Waals surface area contributed by atoms with Crippen molar-refractivity contribution in [3.63, 3.8) is 0 Å². The van der Waals surface area contributed by atoms with E-state index >= 15 is 0 Å². The topological polar surface area (TPSA) is 36.0 Å². The van der Waals surface area contributed by atoms with Crippen LogP contribution in [0.3, 0.4) is 0 Å². The third kappa shape index (κ3) is 4.05. The molecular weight excluding hydrogens is 429 g/mol. The highest BCUT2D eigenvalue weighted by atomic mass is 127. The summed E-state index contributed by atoms with van der Waals surface area (Å²) in [6, 6.07) is 9.06. The predicted octanol–water partition coefficient (Wildman–Crippen LogP) is 3.03. The van der Waals surface area contributed by atoms with Gasteiger partial charge in [-0.2, -0.15) is 0 Å². The van der Waals surface area contributed by atoms with E-state index in [-0.39, 0.29) is 12.1 Å². The van der Waals surface area contributed by atoms with Crippen molar-refractivity contribution in [2.75, 3.05) is 39.3 Å². The summed E-state index contributed by atoms with van der Waals surface area (Å²) in [5, 5.41) is 0. The number of carbonyl (C=O) groups excluding carboxylic acids is 1. The average Bonchev–Trinajstić information content (AvgIpc) is 2.76. The SMILES string of the molecule is O=C(N1CCCN(C2CCC2)CC1)N1CC(Oc2ccc(I)cc2)C1. The van der Waals surface area contributed by atoms with Crippen molar-refractivity contribution >= 4 is 28.6 Å². The van der Waals surface area contributed by atoms with Gasteiger partial charge in [0.2, 0.25) is 0 Å². The first-order valence-corrected chi connectivity index (χ1v) is 10.5. The predicted molar refractivity (Wildman–Crippen MR) is 106 cm³/mol. The molecule has 2 aliphatic heterocycles. The number of ether oxygens (including phenoxy) is 1. The van der Waals surface area contributed by atoms with E-state index in [9.17, 15) is 4.79 Å². The zero-order chi connectivity index (χ0) is 17.2. The summed E-state index contributed by atoms with van der Waals surface area (Å²) in [6.45, 7) is 5.34. The summed E-state index contributed by atoms with van der Waals surface area (Å²) < 4.78 is 7.15. The Bertz CT molecular complexity index is 599. The van der Waals surface area contributed by atoms with Crippen molar-refractivity contribution in [3.8, 4) is 5.75 Å². The quantitative estimate of drug-likeness (QED) is 0.658. The summed E-state index contributed by atoms with van der Waals surface area (Å²) in [5.41, 5.74) is 0. The standard InChI is InChI=1S/C19H26IN3O2/c20-15-5-7-17(8-6-15)25-18-13-23(14-18)19(24)22-10-2-9-21(11-12-22)16-3-1-4-16/h5-8,16,18H,1-4,9-14H2. The van der Waals surface area contributed by atoms with Crippen molar-refractivity contribution in [2.24, 2.45) is 0 Å². The molecule has 2 amide bonds. The van der Waals surface area contributed by atoms with Crippen LogP contribution < -0.4 is 4.74 Å². The number of amides is 2. The molecule has 3 aliphatic rings. The fourth-order valence-electron chi connectivity index (χ4n) is 3.82. The minimum atomic E-state index is 0.127. The molecule has 5 nitrogen and oxygen atoms in total. The lowest BCUT2D eigenvalue weighted by Crippen LogP contribution is -2.60. The highest BCUT2D eigenvalue weighted by Gasteiger charge is 2.36. The fourth-order valence-corrected chi connectivity index (χ4v) is 4.18. The lowest BCUT2D eigenvalue weighted by Gasteiger charge is -2.41. The molecule has 0 radical (unpaired) electrons. The largest absolute Gasteiger partial charge is 0.487 e. The molecule has 6 heteroatoms. The number of likely N-dealkylation sites (tertiary alicyclic amines) is 1. The van der Waals surface area contributed by atoms with Crippen LogP contribution in [-0.4, -0.2) is 72.1 Å². The zero-order valence-corrected chi connectivity index (χ0v) is 16.7. The van der Waals surface area contributed by atoms with Crippen LogP contribution in [0.5, 0.6) is 5.75 Å². The van der Waals surface area contributed by atoms with E-state index < -0.39 is 0 Å². The maximum atomic E-state index is 12.7. The Morgan fingerprint density at radius 1 is 0.960 bits per heavy atom. The molecule has 1 aromatic rings. The molecule has 136 valence electrons. The molecule has 4 rings (SSSR count). The lowest BCUT2D eigenvalue weighted by molar-refractivity contribution is 0.0308. The second kappa shape index (κ2) is 7.70. The van der Waals surface area contributed by atoms with Crippen LogP contribution in [0, 0.1) is 3.57 Å². The van der Waals surface area contributed by atoms with E-state index in [2.05, 4.69) is 27.5 Å². The zero-order valence-electron chi connectivity index (χ0n) is 14.6. The first kappa shape index (κ1) is 17.4. The third-order valence-electron chi connectivity index (χ3n) is 5.63. The van der Waals surface area contributed by atoms with E-state index in [1.165, 1.54) is 22.8 Å². The number of nitrogens with zero attached hydrogens (tertiary/aromatic N) is 3. The van der Waals surface area contributed by atoms with Crippen molar-refractivity contribution in [1.29, 1.82) is 0 Å². The van der Waals surface area contributed by atoms with Gasteiger partial charge in [0.05, 0.1) is 13.1 Å². The second-order valence-electron chi connectivity index (χ2n) is 7.34. The van der Waals surface area contributed by atoms with Gasteiger partial charge in [0.15, 0.2) is 0 Å². The lowest BCUT2D eigenvalue weighted by atomic mass is 9.91. The molecule has 2 saturated heterocycles. The molecule has 25 heavy (non-hydrogen) atoms. The summed E-state index contributed by atoms with van der Waals surface area (Å²) in [4.78, 5) is 19.3. The highest BCUT2D eigenvalue weighted by Crippen LogP contribution is 2.26. The Morgan fingerprint density at radius 2 is 1.72 bits per heavy atom. The van der Waals surface area contributed by atoms with Gasteiger partial charge in [0.25, 0.3) is 0 Å². The average molecular weight is 455 g/mol. The van der Waals surface area contributed by atoms with Gasteiger partial charge in [-0.15, -0.1) is 0 Å². The second-order valence-corrected chi connectivity index (χ2v) is 8.59. The molecule has 2 heterocycles. The first-order chi connectivity index (χ1) is 12.2. The fraction of sp³-hybridized carbons (Fsp3) is 0.632. The Balaban J connectivity index is 1.23. The van der Waals surface area contributed by atoms with Gasteiger partial charge < -0.3 is 14.5 Å². The van der Waals surface area contributed by atoms with Crippen LogP contribution in [0.2, 0.25) is 0 Å². The van der Waals surface area contributed by atoms with E-state index in [1.54, 1.807) is 0 Å². The minimum Gasteiger partial charge on any atom is -0.487 e. The molecular formula is C19H26IN3O2. The Labute approximate surface area is 163 Å². The van der Waals surface area contributed by atoms with Gasteiger partial charge >= 0.3 is 6.03 Å². The highest BCUT2D eigenvalue weighted by molar-refractivity contribution is 14.1. The third-order valence-corrected chi connectivity index (χ3v) is 6.35. The van der Waals surface area contributed by atoms with Gasteiger partial charge in [-0.25, -0.2) is 4.79 Å². The monoisotopic (exact) mass is 455 g/mol. The van der Waals surface area contributed by atoms with E-state index in [0.717, 1.165) is 44.4 Å². The van der Waals surface area contributed by atoms with Gasteiger partial charge in [0.1, 0.15) is 11.9 Å². The maximum Gasteiger partial charge on any atom is 0.320 e. The number of hydrogen-bond donors (Lipinski definition) is 0. The van der Waals surface area contributed by atoms with Crippen LogP contribution in [0.25, 0.3) is 0 Å². The first-order valence-electron chi connectivity index (χ1n) is 9.39. The van der Waals surface area contributed by atoms with Crippen molar-refractivity contribution in [3.05, 3.63) is 27.8 Å². The smallest absolute Gasteiger partial charge is 0.320 e.